The molecule has 2 aliphatic rings. The van der Waals surface area contributed by atoms with Crippen LogP contribution in [-0.4, -0.2) is 66.5 Å². The van der Waals surface area contributed by atoms with Gasteiger partial charge in [-0.05, 0) is 49.8 Å². The first-order valence-corrected chi connectivity index (χ1v) is 12.0. The zero-order chi connectivity index (χ0) is 24.1. The number of likely N-dealkylation sites (tertiary alicyclic amines) is 2. The summed E-state index contributed by atoms with van der Waals surface area (Å²) in [6, 6.07) is 10.9. The van der Waals surface area contributed by atoms with E-state index in [1.165, 1.54) is 7.11 Å². The number of amides is 2. The van der Waals surface area contributed by atoms with E-state index in [2.05, 4.69) is 4.98 Å². The Hall–Kier alpha value is -3.06. The molecule has 2 aliphatic heterocycles. The van der Waals surface area contributed by atoms with Crippen LogP contribution in [0.4, 0.5) is 0 Å². The summed E-state index contributed by atoms with van der Waals surface area (Å²) in [4.78, 5) is 33.7. The molecule has 4 rings (SSSR count). The Morgan fingerprint density at radius 3 is 2.53 bits per heavy atom. The highest BCUT2D eigenvalue weighted by Crippen LogP contribution is 2.41. The zero-order valence-corrected chi connectivity index (χ0v) is 20.4. The first kappa shape index (κ1) is 24.1. The molecule has 180 valence electrons. The van der Waals surface area contributed by atoms with Crippen molar-refractivity contribution in [3.05, 3.63) is 58.8 Å². The highest BCUT2D eigenvalue weighted by atomic mass is 35.5. The molecule has 0 atom stereocenters. The molecule has 1 aromatic heterocycles. The molecule has 2 aromatic rings. The summed E-state index contributed by atoms with van der Waals surface area (Å²) in [6.45, 7) is 5.28. The van der Waals surface area contributed by atoms with Gasteiger partial charge >= 0.3 is 0 Å². The Bertz CT molecular complexity index is 1080. The molecule has 34 heavy (non-hydrogen) atoms. The topological polar surface area (TPSA) is 72.0 Å². The molecule has 7 nitrogen and oxygen atoms in total. The number of methoxy groups -OCH3 is 1. The number of hydrogen-bond acceptors (Lipinski definition) is 5. The number of halogens is 1. The number of ether oxygens (including phenoxy) is 2. The van der Waals surface area contributed by atoms with E-state index in [-0.39, 0.29) is 22.4 Å². The lowest BCUT2D eigenvalue weighted by atomic mass is 9.78. The molecule has 2 fully saturated rings. The van der Waals surface area contributed by atoms with Crippen LogP contribution in [-0.2, 0) is 4.79 Å². The van der Waals surface area contributed by atoms with Crippen LogP contribution in [0.5, 0.6) is 11.6 Å². The summed E-state index contributed by atoms with van der Waals surface area (Å²) >= 11 is 6.04. The Morgan fingerprint density at radius 1 is 1.12 bits per heavy atom. The van der Waals surface area contributed by atoms with Gasteiger partial charge in [0.2, 0.25) is 11.8 Å². The Labute approximate surface area is 205 Å². The second-order valence-corrected chi connectivity index (χ2v) is 9.21. The smallest absolute Gasteiger partial charge is 0.254 e. The Morgan fingerprint density at radius 2 is 1.82 bits per heavy atom. The van der Waals surface area contributed by atoms with Crippen LogP contribution in [0.3, 0.4) is 0 Å². The molecular weight excluding hydrogens is 454 g/mol. The number of pyridine rings is 1. The molecule has 0 saturated carbocycles. The van der Waals surface area contributed by atoms with E-state index in [0.717, 1.165) is 30.6 Å². The standard InChI is InChI=1S/C26H30ClN3O4/c1-3-34-21-7-5-4-6-19(21)8-9-24(31)29-13-10-26(11-14-29)12-15-30(18-26)25(32)20-16-22(27)28-23(17-20)33-2/h4-9,16-17H,3,10-15,18H2,1-2H3. The van der Waals surface area contributed by atoms with Gasteiger partial charge in [-0.25, -0.2) is 4.98 Å². The van der Waals surface area contributed by atoms with Crippen LogP contribution in [0.1, 0.15) is 42.1 Å². The van der Waals surface area contributed by atoms with Crippen molar-refractivity contribution in [1.29, 1.82) is 0 Å². The molecule has 0 N–H and O–H groups in total. The van der Waals surface area contributed by atoms with Gasteiger partial charge in [0.05, 0.1) is 13.7 Å². The van der Waals surface area contributed by atoms with Crippen molar-refractivity contribution in [3.8, 4) is 11.6 Å². The predicted molar refractivity (Wildman–Crippen MR) is 131 cm³/mol. The third-order valence-corrected chi connectivity index (χ3v) is 6.91. The number of para-hydroxylation sites is 1. The third-order valence-electron chi connectivity index (χ3n) is 6.71. The first-order chi connectivity index (χ1) is 16.4. The zero-order valence-electron chi connectivity index (χ0n) is 19.6. The number of benzene rings is 1. The summed E-state index contributed by atoms with van der Waals surface area (Å²) in [6.07, 6.45) is 6.15. The van der Waals surface area contributed by atoms with E-state index in [9.17, 15) is 9.59 Å². The number of piperidine rings is 1. The molecule has 2 saturated heterocycles. The van der Waals surface area contributed by atoms with Crippen molar-refractivity contribution in [1.82, 2.24) is 14.8 Å². The van der Waals surface area contributed by atoms with Crippen molar-refractivity contribution in [2.75, 3.05) is 39.9 Å². The van der Waals surface area contributed by atoms with Crippen LogP contribution in [0, 0.1) is 5.41 Å². The van der Waals surface area contributed by atoms with Crippen LogP contribution < -0.4 is 9.47 Å². The monoisotopic (exact) mass is 483 g/mol. The predicted octanol–water partition coefficient (Wildman–Crippen LogP) is 4.31. The fourth-order valence-corrected chi connectivity index (χ4v) is 4.97. The number of hydrogen-bond donors (Lipinski definition) is 0. The number of carbonyl (C=O) groups excluding carboxylic acids is 2. The maximum absolute atomic E-state index is 13.1. The van der Waals surface area contributed by atoms with Crippen molar-refractivity contribution >= 4 is 29.5 Å². The molecule has 2 amide bonds. The number of nitrogens with zero attached hydrogens (tertiary/aromatic N) is 3. The van der Waals surface area contributed by atoms with Gasteiger partial charge < -0.3 is 19.3 Å². The van der Waals surface area contributed by atoms with Crippen LogP contribution in [0.15, 0.2) is 42.5 Å². The van der Waals surface area contributed by atoms with Gasteiger partial charge in [-0.3, -0.25) is 9.59 Å². The van der Waals surface area contributed by atoms with Crippen molar-refractivity contribution < 1.29 is 19.1 Å². The SMILES string of the molecule is CCOc1ccccc1C=CC(=O)N1CCC2(CC1)CCN(C(=O)c1cc(Cl)nc(OC)c1)C2. The Balaban J connectivity index is 1.34. The lowest BCUT2D eigenvalue weighted by molar-refractivity contribution is -0.128. The second kappa shape index (κ2) is 10.5. The quantitative estimate of drug-likeness (QED) is 0.452. The summed E-state index contributed by atoms with van der Waals surface area (Å²) in [5, 5.41) is 0.236. The largest absolute Gasteiger partial charge is 0.493 e. The van der Waals surface area contributed by atoms with Gasteiger partial charge in [-0.2, -0.15) is 0 Å². The van der Waals surface area contributed by atoms with E-state index in [1.54, 1.807) is 18.2 Å². The van der Waals surface area contributed by atoms with Gasteiger partial charge in [-0.15, -0.1) is 0 Å². The van der Waals surface area contributed by atoms with E-state index >= 15 is 0 Å². The summed E-state index contributed by atoms with van der Waals surface area (Å²) in [7, 11) is 1.50. The number of carbonyl (C=O) groups is 2. The van der Waals surface area contributed by atoms with Gasteiger partial charge in [-0.1, -0.05) is 29.8 Å². The molecule has 8 heteroatoms. The Kier molecular flexibility index (Phi) is 7.41. The summed E-state index contributed by atoms with van der Waals surface area (Å²) in [5.41, 5.74) is 1.43. The normalized spacial score (nSPS) is 17.4. The molecule has 0 radical (unpaired) electrons. The van der Waals surface area contributed by atoms with E-state index < -0.39 is 0 Å². The molecular formula is C26H30ClN3O4. The minimum atomic E-state index is -0.0612. The second-order valence-electron chi connectivity index (χ2n) is 8.83. The van der Waals surface area contributed by atoms with Gasteiger partial charge in [0.25, 0.3) is 5.91 Å². The van der Waals surface area contributed by atoms with Crippen LogP contribution >= 0.6 is 11.6 Å². The molecule has 1 aromatic carbocycles. The number of aromatic nitrogens is 1. The molecule has 1 spiro atoms. The first-order valence-electron chi connectivity index (χ1n) is 11.6. The van der Waals surface area contributed by atoms with Crippen molar-refractivity contribution in [2.45, 2.75) is 26.2 Å². The van der Waals surface area contributed by atoms with Crippen LogP contribution in [0.2, 0.25) is 5.15 Å². The summed E-state index contributed by atoms with van der Waals surface area (Å²) in [5.74, 6) is 1.04. The van der Waals surface area contributed by atoms with E-state index in [4.69, 9.17) is 21.1 Å². The molecule has 0 aliphatic carbocycles. The lowest BCUT2D eigenvalue weighted by Gasteiger charge is -2.39. The van der Waals surface area contributed by atoms with Crippen molar-refractivity contribution in [2.24, 2.45) is 5.41 Å². The number of rotatable bonds is 6. The molecule has 3 heterocycles. The lowest BCUT2D eigenvalue weighted by Crippen LogP contribution is -2.44. The van der Waals surface area contributed by atoms with Crippen LogP contribution in [0.25, 0.3) is 6.08 Å². The van der Waals surface area contributed by atoms with E-state index in [1.807, 2.05) is 47.1 Å². The van der Waals surface area contributed by atoms with Gasteiger partial charge in [0.1, 0.15) is 10.9 Å². The third kappa shape index (κ3) is 5.36. The fraction of sp³-hybridized carbons (Fsp3) is 0.423. The highest BCUT2D eigenvalue weighted by Gasteiger charge is 2.42. The van der Waals surface area contributed by atoms with Crippen molar-refractivity contribution in [3.63, 3.8) is 0 Å². The highest BCUT2D eigenvalue weighted by molar-refractivity contribution is 6.29. The van der Waals surface area contributed by atoms with E-state index in [0.29, 0.717) is 44.2 Å². The summed E-state index contributed by atoms with van der Waals surface area (Å²) < 4.78 is 10.8. The maximum Gasteiger partial charge on any atom is 0.254 e. The van der Waals surface area contributed by atoms with Gasteiger partial charge in [0.15, 0.2) is 0 Å². The minimum Gasteiger partial charge on any atom is -0.493 e. The molecule has 0 bridgehead atoms. The average Bonchev–Trinajstić information content (AvgIpc) is 3.26. The fourth-order valence-electron chi connectivity index (χ4n) is 4.77. The van der Waals surface area contributed by atoms with Gasteiger partial charge in [0, 0.05) is 49.4 Å². The average molecular weight is 484 g/mol. The minimum absolute atomic E-state index is 0.00519. The molecule has 0 unspecified atom stereocenters. The maximum atomic E-state index is 13.1.